The van der Waals surface area contributed by atoms with E-state index in [0.29, 0.717) is 53.4 Å². The van der Waals surface area contributed by atoms with Crippen LogP contribution < -0.4 is 29.7 Å². The third kappa shape index (κ3) is 3.88. The van der Waals surface area contributed by atoms with Crippen LogP contribution >= 0.6 is 0 Å². The molecule has 1 amide bonds. The van der Waals surface area contributed by atoms with Crippen LogP contribution in [0.3, 0.4) is 0 Å². The van der Waals surface area contributed by atoms with Crippen LogP contribution in [0.25, 0.3) is 10.9 Å². The summed E-state index contributed by atoms with van der Waals surface area (Å²) in [5, 5.41) is 3.27. The first-order valence-corrected chi connectivity index (χ1v) is 10.0. The number of nitrogens with zero attached hydrogens (tertiary/aromatic N) is 1. The molecule has 1 N–H and O–H groups in total. The number of nitrogens with one attached hydrogen (secondary N) is 1. The van der Waals surface area contributed by atoms with E-state index in [0.717, 1.165) is 5.56 Å². The summed E-state index contributed by atoms with van der Waals surface area (Å²) >= 11 is 0. The van der Waals surface area contributed by atoms with Gasteiger partial charge in [-0.2, -0.15) is 0 Å². The van der Waals surface area contributed by atoms with Gasteiger partial charge in [-0.3, -0.25) is 9.59 Å². The topological polar surface area (TPSA) is 88.0 Å². The maximum absolute atomic E-state index is 13.0. The molecule has 0 bridgehead atoms. The fourth-order valence-electron chi connectivity index (χ4n) is 3.65. The van der Waals surface area contributed by atoms with Crippen molar-refractivity contribution in [2.24, 2.45) is 0 Å². The Kier molecular flexibility index (Phi) is 5.70. The number of aromatic nitrogens is 1. The third-order valence-corrected chi connectivity index (χ3v) is 5.31. The van der Waals surface area contributed by atoms with Crippen molar-refractivity contribution in [1.29, 1.82) is 0 Å². The Labute approximate surface area is 179 Å². The fraction of sp³-hybridized carbons (Fsp3) is 0.304. The molecule has 3 aromatic rings. The second-order valence-corrected chi connectivity index (χ2v) is 7.08. The average molecular weight is 424 g/mol. The highest BCUT2D eigenvalue weighted by Crippen LogP contribution is 2.35. The molecule has 31 heavy (non-hydrogen) atoms. The van der Waals surface area contributed by atoms with Crippen LogP contribution in [0.15, 0.2) is 41.3 Å². The van der Waals surface area contributed by atoms with E-state index in [4.69, 9.17) is 18.9 Å². The molecule has 162 valence electrons. The van der Waals surface area contributed by atoms with E-state index in [2.05, 4.69) is 5.32 Å². The van der Waals surface area contributed by atoms with E-state index in [1.807, 2.05) is 29.7 Å². The number of benzene rings is 2. The number of aryl methyl sites for hydroxylation is 1. The minimum atomic E-state index is -0.410. The molecule has 8 nitrogen and oxygen atoms in total. The summed E-state index contributed by atoms with van der Waals surface area (Å²) in [6, 6.07) is 9.03. The quantitative estimate of drug-likeness (QED) is 0.628. The van der Waals surface area contributed by atoms with Gasteiger partial charge in [0.15, 0.2) is 23.0 Å². The Bertz CT molecular complexity index is 1200. The molecule has 0 spiro atoms. The van der Waals surface area contributed by atoms with Crippen molar-refractivity contribution in [2.45, 2.75) is 19.9 Å². The Hall–Kier alpha value is -3.68. The maximum atomic E-state index is 13.0. The third-order valence-electron chi connectivity index (χ3n) is 5.31. The largest absolute Gasteiger partial charge is 0.493 e. The number of methoxy groups -OCH3 is 2. The number of rotatable bonds is 7. The molecule has 1 aliphatic rings. The molecule has 0 atom stereocenters. The summed E-state index contributed by atoms with van der Waals surface area (Å²) in [5.74, 6) is 1.98. The zero-order chi connectivity index (χ0) is 22.0. The van der Waals surface area contributed by atoms with Gasteiger partial charge in [-0.25, -0.2) is 0 Å². The molecular formula is C23H24N2O6. The molecule has 0 saturated carbocycles. The van der Waals surface area contributed by atoms with Gasteiger partial charge in [-0.15, -0.1) is 0 Å². The number of ether oxygens (including phenoxy) is 4. The van der Waals surface area contributed by atoms with Crippen LogP contribution in [0, 0.1) is 0 Å². The van der Waals surface area contributed by atoms with E-state index < -0.39 is 5.91 Å². The lowest BCUT2D eigenvalue weighted by atomic mass is 10.1. The maximum Gasteiger partial charge on any atom is 0.256 e. The van der Waals surface area contributed by atoms with E-state index in [1.54, 1.807) is 32.5 Å². The lowest BCUT2D eigenvalue weighted by molar-refractivity contribution is 0.0952. The first-order valence-electron chi connectivity index (χ1n) is 10.0. The van der Waals surface area contributed by atoms with Crippen molar-refractivity contribution in [2.75, 3.05) is 27.6 Å². The molecule has 4 rings (SSSR count). The first-order chi connectivity index (χ1) is 15.0. The van der Waals surface area contributed by atoms with Gasteiger partial charge < -0.3 is 28.8 Å². The second kappa shape index (κ2) is 8.59. The molecule has 1 aliphatic heterocycles. The Morgan fingerprint density at radius 3 is 2.55 bits per heavy atom. The van der Waals surface area contributed by atoms with Crippen LogP contribution in [0.5, 0.6) is 23.0 Å². The van der Waals surface area contributed by atoms with Gasteiger partial charge in [0.05, 0.1) is 25.1 Å². The Balaban J connectivity index is 1.55. The molecule has 0 unspecified atom stereocenters. The smallest absolute Gasteiger partial charge is 0.256 e. The van der Waals surface area contributed by atoms with Crippen molar-refractivity contribution in [3.8, 4) is 23.0 Å². The highest BCUT2D eigenvalue weighted by atomic mass is 16.7. The van der Waals surface area contributed by atoms with Gasteiger partial charge in [0.2, 0.25) is 12.2 Å². The molecule has 8 heteroatoms. The van der Waals surface area contributed by atoms with Gasteiger partial charge in [-0.1, -0.05) is 6.07 Å². The Morgan fingerprint density at radius 1 is 1.10 bits per heavy atom. The predicted octanol–water partition coefficient (Wildman–Crippen LogP) is 2.74. The SMILES string of the molecule is CCn1cc(C(=O)NCCc2ccc(OC)c(OC)c2)c(=O)c2cc3c(cc21)OCO3. The van der Waals surface area contributed by atoms with Gasteiger partial charge in [0.1, 0.15) is 5.56 Å². The molecule has 0 aliphatic carbocycles. The molecule has 0 saturated heterocycles. The number of hydrogen-bond acceptors (Lipinski definition) is 6. The summed E-state index contributed by atoms with van der Waals surface area (Å²) in [6.07, 6.45) is 2.18. The molecule has 1 aromatic heterocycles. The normalized spacial score (nSPS) is 12.1. The summed E-state index contributed by atoms with van der Waals surface area (Å²) in [5.41, 5.74) is 1.45. The highest BCUT2D eigenvalue weighted by Gasteiger charge is 2.20. The minimum absolute atomic E-state index is 0.0977. The number of fused-ring (bicyclic) bond motifs is 2. The number of hydrogen-bond donors (Lipinski definition) is 1. The molecule has 2 aromatic carbocycles. The number of amides is 1. The molecule has 2 heterocycles. The summed E-state index contributed by atoms with van der Waals surface area (Å²) < 4.78 is 23.2. The Morgan fingerprint density at radius 2 is 1.84 bits per heavy atom. The van der Waals surface area contributed by atoms with E-state index in [9.17, 15) is 9.59 Å². The van der Waals surface area contributed by atoms with Crippen LogP contribution in [0.2, 0.25) is 0 Å². The van der Waals surface area contributed by atoms with Gasteiger partial charge >= 0.3 is 0 Å². The van der Waals surface area contributed by atoms with Gasteiger partial charge in [0.25, 0.3) is 5.91 Å². The highest BCUT2D eigenvalue weighted by molar-refractivity contribution is 5.97. The van der Waals surface area contributed by atoms with Crippen LogP contribution in [-0.4, -0.2) is 38.0 Å². The van der Waals surface area contributed by atoms with Crippen LogP contribution in [-0.2, 0) is 13.0 Å². The van der Waals surface area contributed by atoms with Crippen molar-refractivity contribution < 1.29 is 23.7 Å². The average Bonchev–Trinajstić information content (AvgIpc) is 3.25. The van der Waals surface area contributed by atoms with Gasteiger partial charge in [0, 0.05) is 25.4 Å². The summed E-state index contributed by atoms with van der Waals surface area (Å²) in [7, 11) is 3.16. The summed E-state index contributed by atoms with van der Waals surface area (Å²) in [4.78, 5) is 25.8. The van der Waals surface area contributed by atoms with Crippen molar-refractivity contribution in [1.82, 2.24) is 9.88 Å². The summed E-state index contributed by atoms with van der Waals surface area (Å²) in [6.45, 7) is 3.05. The predicted molar refractivity (Wildman–Crippen MR) is 116 cm³/mol. The monoisotopic (exact) mass is 424 g/mol. The van der Waals surface area contributed by atoms with E-state index >= 15 is 0 Å². The van der Waals surface area contributed by atoms with E-state index in [-0.39, 0.29) is 17.8 Å². The van der Waals surface area contributed by atoms with E-state index in [1.165, 1.54) is 0 Å². The van der Waals surface area contributed by atoms with Crippen molar-refractivity contribution in [3.05, 3.63) is 57.9 Å². The lowest BCUT2D eigenvalue weighted by Crippen LogP contribution is -2.31. The van der Waals surface area contributed by atoms with Crippen LogP contribution in [0.4, 0.5) is 0 Å². The minimum Gasteiger partial charge on any atom is -0.493 e. The number of carbonyl (C=O) groups is 1. The zero-order valence-corrected chi connectivity index (χ0v) is 17.7. The first kappa shape index (κ1) is 20.6. The van der Waals surface area contributed by atoms with Gasteiger partial charge in [-0.05, 0) is 37.1 Å². The number of carbonyl (C=O) groups excluding carboxylic acids is 1. The second-order valence-electron chi connectivity index (χ2n) is 7.08. The van der Waals surface area contributed by atoms with Crippen molar-refractivity contribution >= 4 is 16.8 Å². The zero-order valence-electron chi connectivity index (χ0n) is 17.7. The van der Waals surface area contributed by atoms with Crippen molar-refractivity contribution in [3.63, 3.8) is 0 Å². The molecule has 0 fully saturated rings. The molecule has 0 radical (unpaired) electrons. The standard InChI is InChI=1S/C23H24N2O6/c1-4-25-12-16(22(26)15-10-20-21(11-17(15)25)31-13-30-20)23(27)24-8-7-14-5-6-18(28-2)19(9-14)29-3/h5-6,9-12H,4,7-8,13H2,1-3H3,(H,24,27). The lowest BCUT2D eigenvalue weighted by Gasteiger charge is -2.13. The molecular weight excluding hydrogens is 400 g/mol. The van der Waals surface area contributed by atoms with Crippen LogP contribution in [0.1, 0.15) is 22.8 Å². The fourth-order valence-corrected chi connectivity index (χ4v) is 3.65. The number of pyridine rings is 1.